The van der Waals surface area contributed by atoms with Crippen molar-refractivity contribution in [3.8, 4) is 0 Å². The Kier molecular flexibility index (Phi) is 11.5. The number of fused-ring (bicyclic) bond motifs is 2. The summed E-state index contributed by atoms with van der Waals surface area (Å²) in [5.74, 6) is 1.21. The van der Waals surface area contributed by atoms with E-state index >= 15 is 0 Å². The molecule has 3 aromatic rings. The third-order valence-electron chi connectivity index (χ3n) is 8.70. The van der Waals surface area contributed by atoms with Crippen LogP contribution in [0.2, 0.25) is 0 Å². The molecule has 5 rings (SSSR count). The highest BCUT2D eigenvalue weighted by atomic mass is 31.1. The lowest BCUT2D eigenvalue weighted by Gasteiger charge is -2.27. The molecule has 2 nitrogen and oxygen atoms in total. The Hall–Kier alpha value is -2.25. The molecule has 212 valence electrons. The van der Waals surface area contributed by atoms with E-state index in [-0.39, 0.29) is 0 Å². The second-order valence-electron chi connectivity index (χ2n) is 11.5. The summed E-state index contributed by atoms with van der Waals surface area (Å²) >= 11 is 0. The van der Waals surface area contributed by atoms with E-state index < -0.39 is 7.92 Å². The van der Waals surface area contributed by atoms with Crippen molar-refractivity contribution < 1.29 is 9.47 Å². The van der Waals surface area contributed by atoms with Crippen LogP contribution in [0, 0.1) is 11.8 Å². The molecule has 0 spiro atoms. The van der Waals surface area contributed by atoms with E-state index in [1.165, 1.54) is 66.4 Å². The molecule has 0 radical (unpaired) electrons. The molecule has 0 amide bonds. The van der Waals surface area contributed by atoms with Gasteiger partial charge in [-0.25, -0.2) is 0 Å². The van der Waals surface area contributed by atoms with Crippen molar-refractivity contribution in [2.75, 3.05) is 13.2 Å². The second-order valence-corrected chi connectivity index (χ2v) is 13.7. The van der Waals surface area contributed by atoms with Crippen LogP contribution in [0.4, 0.5) is 0 Å². The summed E-state index contributed by atoms with van der Waals surface area (Å²) in [6, 6.07) is 31.2. The highest BCUT2D eigenvalue weighted by Gasteiger charge is 2.48. The first-order valence-electron chi connectivity index (χ1n) is 15.7. The van der Waals surface area contributed by atoms with Crippen molar-refractivity contribution in [3.05, 3.63) is 103 Å². The van der Waals surface area contributed by atoms with Crippen LogP contribution < -0.4 is 15.9 Å². The van der Waals surface area contributed by atoms with Gasteiger partial charge in [0.15, 0.2) is 0 Å². The van der Waals surface area contributed by atoms with Gasteiger partial charge in [-0.3, -0.25) is 0 Å². The number of allylic oxidation sites excluding steroid dienone is 2. The van der Waals surface area contributed by atoms with E-state index in [4.69, 9.17) is 9.47 Å². The predicted molar refractivity (Wildman–Crippen MR) is 172 cm³/mol. The Labute approximate surface area is 244 Å². The smallest absolute Gasteiger partial charge is 0.0633 e. The van der Waals surface area contributed by atoms with Crippen molar-refractivity contribution in [1.82, 2.24) is 0 Å². The summed E-state index contributed by atoms with van der Waals surface area (Å²) in [7, 11) is -0.562. The Balaban J connectivity index is 1.14. The number of aryl methyl sites for hydroxylation is 1. The minimum absolute atomic E-state index is 0.430. The highest BCUT2D eigenvalue weighted by Crippen LogP contribution is 2.45. The zero-order valence-electron chi connectivity index (χ0n) is 24.3. The first-order valence-corrected chi connectivity index (χ1v) is 17.1. The minimum Gasteiger partial charge on any atom is -0.381 e. The molecular weight excluding hydrogens is 507 g/mol. The van der Waals surface area contributed by atoms with Crippen LogP contribution in [-0.2, 0) is 15.9 Å². The molecule has 0 N–H and O–H groups in total. The van der Waals surface area contributed by atoms with E-state index in [2.05, 4.69) is 104 Å². The van der Waals surface area contributed by atoms with Gasteiger partial charge in [-0.05, 0) is 80.3 Å². The quantitative estimate of drug-likeness (QED) is 0.101. The molecule has 0 unspecified atom stereocenters. The molecule has 0 aromatic heterocycles. The maximum Gasteiger partial charge on any atom is 0.0633 e. The van der Waals surface area contributed by atoms with Crippen LogP contribution >= 0.6 is 7.92 Å². The summed E-state index contributed by atoms with van der Waals surface area (Å²) < 4.78 is 12.5. The summed E-state index contributed by atoms with van der Waals surface area (Å²) in [6.07, 6.45) is 17.9. The SMILES string of the molecule is CCCCCCOC[C@H]1[C@@H](C/C=C\CCCc2ccccc2P(c2ccccc2)c2ccccc2)[C@H]2CC[C@@H]1O2. The van der Waals surface area contributed by atoms with Crippen LogP contribution in [0.3, 0.4) is 0 Å². The van der Waals surface area contributed by atoms with E-state index in [1.54, 1.807) is 0 Å². The molecule has 2 bridgehead atoms. The summed E-state index contributed by atoms with van der Waals surface area (Å²) in [5, 5.41) is 4.34. The number of ether oxygens (including phenoxy) is 2. The summed E-state index contributed by atoms with van der Waals surface area (Å²) in [4.78, 5) is 0. The molecule has 0 saturated carbocycles. The molecule has 40 heavy (non-hydrogen) atoms. The molecule has 2 saturated heterocycles. The fourth-order valence-corrected chi connectivity index (χ4v) is 9.09. The maximum absolute atomic E-state index is 6.33. The molecule has 3 aromatic carbocycles. The lowest BCUT2D eigenvalue weighted by atomic mass is 9.78. The van der Waals surface area contributed by atoms with Gasteiger partial charge in [0.25, 0.3) is 0 Å². The van der Waals surface area contributed by atoms with Gasteiger partial charge in [0.05, 0.1) is 18.8 Å². The van der Waals surface area contributed by atoms with Gasteiger partial charge in [-0.15, -0.1) is 0 Å². The van der Waals surface area contributed by atoms with Crippen molar-refractivity contribution in [2.24, 2.45) is 11.8 Å². The number of hydrogen-bond donors (Lipinski definition) is 0. The predicted octanol–water partition coefficient (Wildman–Crippen LogP) is 8.10. The lowest BCUT2D eigenvalue weighted by molar-refractivity contribution is 0.0478. The van der Waals surface area contributed by atoms with Crippen molar-refractivity contribution in [3.63, 3.8) is 0 Å². The van der Waals surface area contributed by atoms with Crippen LogP contribution in [0.25, 0.3) is 0 Å². The zero-order valence-corrected chi connectivity index (χ0v) is 25.2. The highest BCUT2D eigenvalue weighted by molar-refractivity contribution is 7.79. The van der Waals surface area contributed by atoms with Gasteiger partial charge >= 0.3 is 0 Å². The third kappa shape index (κ3) is 7.73. The van der Waals surface area contributed by atoms with E-state index in [9.17, 15) is 0 Å². The Bertz CT molecular complexity index is 1120. The average molecular weight is 555 g/mol. The van der Waals surface area contributed by atoms with Crippen LogP contribution in [0.1, 0.15) is 70.3 Å². The van der Waals surface area contributed by atoms with E-state index in [0.29, 0.717) is 24.0 Å². The molecule has 2 heterocycles. The van der Waals surface area contributed by atoms with Crippen LogP contribution in [0.15, 0.2) is 97.1 Å². The molecule has 4 atom stereocenters. The zero-order chi connectivity index (χ0) is 27.4. The van der Waals surface area contributed by atoms with Crippen molar-refractivity contribution >= 4 is 23.8 Å². The number of hydrogen-bond acceptors (Lipinski definition) is 2. The fourth-order valence-electron chi connectivity index (χ4n) is 6.58. The van der Waals surface area contributed by atoms with Gasteiger partial charge in [0.2, 0.25) is 0 Å². The van der Waals surface area contributed by atoms with Crippen molar-refractivity contribution in [2.45, 2.75) is 83.3 Å². The Morgan fingerprint density at radius 2 is 1.43 bits per heavy atom. The topological polar surface area (TPSA) is 18.5 Å². The number of unbranched alkanes of at least 4 members (excludes halogenated alkanes) is 4. The molecule has 0 aliphatic carbocycles. The fraction of sp³-hybridized carbons (Fsp3) is 0.459. The number of rotatable bonds is 16. The summed E-state index contributed by atoms with van der Waals surface area (Å²) in [5.41, 5.74) is 1.49. The van der Waals surface area contributed by atoms with Crippen LogP contribution in [0.5, 0.6) is 0 Å². The van der Waals surface area contributed by atoms with Gasteiger partial charge in [0.1, 0.15) is 0 Å². The normalized spacial score (nSPS) is 22.1. The van der Waals surface area contributed by atoms with Gasteiger partial charge < -0.3 is 9.47 Å². The largest absolute Gasteiger partial charge is 0.381 e. The van der Waals surface area contributed by atoms with Gasteiger partial charge in [0, 0.05) is 12.5 Å². The second kappa shape index (κ2) is 15.7. The first kappa shape index (κ1) is 29.2. The van der Waals surface area contributed by atoms with Crippen molar-refractivity contribution in [1.29, 1.82) is 0 Å². The van der Waals surface area contributed by atoms with Gasteiger partial charge in [-0.1, -0.05) is 123 Å². The Morgan fingerprint density at radius 1 is 0.750 bits per heavy atom. The molecule has 3 heteroatoms. The van der Waals surface area contributed by atoms with Gasteiger partial charge in [-0.2, -0.15) is 0 Å². The maximum atomic E-state index is 6.33. The molecule has 2 fully saturated rings. The van der Waals surface area contributed by atoms with E-state index in [1.807, 2.05) is 0 Å². The Morgan fingerprint density at radius 3 is 2.15 bits per heavy atom. The van der Waals surface area contributed by atoms with Crippen LogP contribution in [-0.4, -0.2) is 25.4 Å². The molecular formula is C37H47O2P. The molecule has 2 aliphatic rings. The lowest BCUT2D eigenvalue weighted by Crippen LogP contribution is -2.30. The van der Waals surface area contributed by atoms with E-state index in [0.717, 1.165) is 32.5 Å². The molecule has 2 aliphatic heterocycles. The summed E-state index contributed by atoms with van der Waals surface area (Å²) in [6.45, 7) is 4.06. The minimum atomic E-state index is -0.562. The first-order chi connectivity index (χ1) is 19.8. The monoisotopic (exact) mass is 554 g/mol. The number of benzene rings is 3. The third-order valence-corrected chi connectivity index (χ3v) is 11.2. The standard InChI is InChI=1S/C37H47O2P/c1-2-3-4-17-28-38-29-34-33(35-26-27-36(34)39-35)24-14-6-5-9-18-30-19-15-16-25-37(30)40(31-20-10-7-11-21-31)32-22-12-8-13-23-32/h6-8,10-16,19-23,25,33-36H,2-5,9,17-18,24,26-29H2,1H3/b14-6-/t33-,34+,35-,36+/m1/s1. The average Bonchev–Trinajstić information content (AvgIpc) is 3.61.